The molecule has 1 atom stereocenters. The zero-order valence-electron chi connectivity index (χ0n) is 11.9. The van der Waals surface area contributed by atoms with Crippen LogP contribution in [0.1, 0.15) is 30.9 Å². The molecule has 1 saturated heterocycles. The number of pyridine rings is 1. The molecule has 1 N–H and O–H groups in total. The van der Waals surface area contributed by atoms with Crippen LogP contribution < -0.4 is 5.32 Å². The lowest BCUT2D eigenvalue weighted by atomic mass is 9.97. The number of hydrogen-bond donors (Lipinski definition) is 1. The smallest absolute Gasteiger partial charge is 0.317 e. The maximum absolute atomic E-state index is 12.5. The van der Waals surface area contributed by atoms with Crippen molar-refractivity contribution in [2.24, 2.45) is 0 Å². The summed E-state index contributed by atoms with van der Waals surface area (Å²) >= 11 is 0. The van der Waals surface area contributed by atoms with Gasteiger partial charge in [0.15, 0.2) is 0 Å². The monoisotopic (exact) mass is 281 g/mol. The number of likely N-dealkylation sites (tertiary alicyclic amines) is 1. The summed E-state index contributed by atoms with van der Waals surface area (Å²) < 4.78 is 0. The van der Waals surface area contributed by atoms with Gasteiger partial charge in [0.05, 0.1) is 6.04 Å². The molecule has 2 aromatic rings. The summed E-state index contributed by atoms with van der Waals surface area (Å²) in [6, 6.07) is 13.7. The summed E-state index contributed by atoms with van der Waals surface area (Å²) in [5, 5.41) is 2.98. The fraction of sp³-hybridized carbons (Fsp3) is 0.294. The highest BCUT2D eigenvalue weighted by Crippen LogP contribution is 2.30. The van der Waals surface area contributed by atoms with Crippen LogP contribution in [0.3, 0.4) is 0 Å². The molecule has 0 spiro atoms. The molecule has 4 heteroatoms. The van der Waals surface area contributed by atoms with Crippen LogP contribution >= 0.6 is 0 Å². The van der Waals surface area contributed by atoms with E-state index in [-0.39, 0.29) is 12.1 Å². The van der Waals surface area contributed by atoms with E-state index in [1.165, 1.54) is 0 Å². The van der Waals surface area contributed by atoms with Gasteiger partial charge >= 0.3 is 6.03 Å². The van der Waals surface area contributed by atoms with Gasteiger partial charge in [0.1, 0.15) is 0 Å². The van der Waals surface area contributed by atoms with Crippen molar-refractivity contribution < 1.29 is 4.79 Å². The Morgan fingerprint density at radius 2 is 2.00 bits per heavy atom. The Morgan fingerprint density at radius 3 is 2.76 bits per heavy atom. The first-order chi connectivity index (χ1) is 10.3. The molecule has 2 heterocycles. The largest absolute Gasteiger partial charge is 0.322 e. The van der Waals surface area contributed by atoms with E-state index in [9.17, 15) is 4.79 Å². The normalized spacial score (nSPS) is 18.3. The number of urea groups is 1. The number of rotatable bonds is 2. The molecule has 108 valence electrons. The molecular weight excluding hydrogens is 262 g/mol. The second-order valence-electron chi connectivity index (χ2n) is 5.29. The Balaban J connectivity index is 1.76. The molecule has 1 aromatic carbocycles. The molecule has 0 unspecified atom stereocenters. The van der Waals surface area contributed by atoms with E-state index in [2.05, 4.69) is 10.3 Å². The van der Waals surface area contributed by atoms with Crippen LogP contribution in [0.25, 0.3) is 0 Å². The number of aromatic nitrogens is 1. The Hall–Kier alpha value is -2.36. The predicted octanol–water partition coefficient (Wildman–Crippen LogP) is 3.84. The molecule has 1 aliphatic heterocycles. The number of amides is 2. The standard InChI is InChI=1S/C17H19N3O/c21-17(19-15-8-2-1-3-9-15)20-12-5-4-10-16(20)14-7-6-11-18-13-14/h1-3,6-9,11,13,16H,4-5,10,12H2,(H,19,21)/t16-/m1/s1. The van der Waals surface area contributed by atoms with E-state index in [0.717, 1.165) is 37.1 Å². The number of carbonyl (C=O) groups is 1. The topological polar surface area (TPSA) is 45.2 Å². The average molecular weight is 281 g/mol. The van der Waals surface area contributed by atoms with Crippen molar-refractivity contribution in [1.29, 1.82) is 0 Å². The van der Waals surface area contributed by atoms with Crippen LogP contribution in [0, 0.1) is 0 Å². The van der Waals surface area contributed by atoms with Crippen molar-refractivity contribution in [2.75, 3.05) is 11.9 Å². The van der Waals surface area contributed by atoms with Crippen LogP contribution in [-0.2, 0) is 0 Å². The number of piperidine rings is 1. The second-order valence-corrected chi connectivity index (χ2v) is 5.29. The van der Waals surface area contributed by atoms with Crippen LogP contribution in [0.5, 0.6) is 0 Å². The van der Waals surface area contributed by atoms with E-state index in [4.69, 9.17) is 0 Å². The number of para-hydroxylation sites is 1. The number of benzene rings is 1. The minimum atomic E-state index is -0.0326. The summed E-state index contributed by atoms with van der Waals surface area (Å²) in [4.78, 5) is 18.6. The molecule has 0 saturated carbocycles. The van der Waals surface area contributed by atoms with Gasteiger partial charge in [0, 0.05) is 24.6 Å². The maximum Gasteiger partial charge on any atom is 0.322 e. The minimum absolute atomic E-state index is 0.0326. The molecule has 0 radical (unpaired) electrons. The first-order valence-electron chi connectivity index (χ1n) is 7.37. The number of nitrogens with zero attached hydrogens (tertiary/aromatic N) is 2. The van der Waals surface area contributed by atoms with E-state index < -0.39 is 0 Å². The van der Waals surface area contributed by atoms with Crippen LogP contribution in [0.15, 0.2) is 54.9 Å². The third-order valence-electron chi connectivity index (χ3n) is 3.86. The Labute approximate surface area is 124 Å². The highest BCUT2D eigenvalue weighted by atomic mass is 16.2. The second kappa shape index (κ2) is 6.39. The average Bonchev–Trinajstić information content (AvgIpc) is 2.56. The summed E-state index contributed by atoms with van der Waals surface area (Å²) in [6.07, 6.45) is 6.82. The van der Waals surface area contributed by atoms with Gasteiger partial charge in [0.2, 0.25) is 0 Å². The van der Waals surface area contributed by atoms with Crippen molar-refractivity contribution in [3.05, 3.63) is 60.4 Å². The fourth-order valence-corrected chi connectivity index (χ4v) is 2.81. The molecule has 21 heavy (non-hydrogen) atoms. The third kappa shape index (κ3) is 3.21. The highest BCUT2D eigenvalue weighted by Gasteiger charge is 2.28. The van der Waals surface area contributed by atoms with Gasteiger partial charge in [-0.05, 0) is 43.0 Å². The molecule has 3 rings (SSSR count). The van der Waals surface area contributed by atoms with Gasteiger partial charge < -0.3 is 10.2 Å². The molecule has 4 nitrogen and oxygen atoms in total. The number of carbonyl (C=O) groups excluding carboxylic acids is 1. The van der Waals surface area contributed by atoms with Crippen molar-refractivity contribution in [2.45, 2.75) is 25.3 Å². The van der Waals surface area contributed by atoms with E-state index >= 15 is 0 Å². The molecule has 0 aliphatic carbocycles. The van der Waals surface area contributed by atoms with Crippen LogP contribution in [-0.4, -0.2) is 22.5 Å². The summed E-state index contributed by atoms with van der Waals surface area (Å²) in [5.41, 5.74) is 1.94. The quantitative estimate of drug-likeness (QED) is 0.909. The van der Waals surface area contributed by atoms with Crippen molar-refractivity contribution in [3.8, 4) is 0 Å². The fourth-order valence-electron chi connectivity index (χ4n) is 2.81. The van der Waals surface area contributed by atoms with Crippen molar-refractivity contribution in [3.63, 3.8) is 0 Å². The summed E-state index contributed by atoms with van der Waals surface area (Å²) in [7, 11) is 0. The lowest BCUT2D eigenvalue weighted by molar-refractivity contribution is 0.163. The highest BCUT2D eigenvalue weighted by molar-refractivity contribution is 5.89. The molecule has 1 aromatic heterocycles. The molecule has 0 bridgehead atoms. The van der Waals surface area contributed by atoms with Crippen molar-refractivity contribution in [1.82, 2.24) is 9.88 Å². The van der Waals surface area contributed by atoms with Gasteiger partial charge in [0.25, 0.3) is 0 Å². The molecule has 2 amide bonds. The number of anilines is 1. The third-order valence-corrected chi connectivity index (χ3v) is 3.86. The van der Waals surface area contributed by atoms with Gasteiger partial charge in [-0.3, -0.25) is 4.98 Å². The molecule has 1 aliphatic rings. The SMILES string of the molecule is O=C(Nc1ccccc1)N1CCCC[C@@H]1c1cccnc1. The number of nitrogens with one attached hydrogen (secondary N) is 1. The lowest BCUT2D eigenvalue weighted by Crippen LogP contribution is -2.41. The van der Waals surface area contributed by atoms with E-state index in [0.29, 0.717) is 0 Å². The van der Waals surface area contributed by atoms with Crippen LogP contribution in [0.4, 0.5) is 10.5 Å². The van der Waals surface area contributed by atoms with Crippen molar-refractivity contribution >= 4 is 11.7 Å². The van der Waals surface area contributed by atoms with Gasteiger partial charge in [-0.15, -0.1) is 0 Å². The van der Waals surface area contributed by atoms with E-state index in [1.807, 2.05) is 53.6 Å². The minimum Gasteiger partial charge on any atom is -0.317 e. The summed E-state index contributed by atoms with van der Waals surface area (Å²) in [6.45, 7) is 0.790. The van der Waals surface area contributed by atoms with Gasteiger partial charge in [-0.1, -0.05) is 24.3 Å². The maximum atomic E-state index is 12.5. The van der Waals surface area contributed by atoms with Gasteiger partial charge in [-0.2, -0.15) is 0 Å². The Kier molecular flexibility index (Phi) is 4.15. The zero-order chi connectivity index (χ0) is 14.5. The number of hydrogen-bond acceptors (Lipinski definition) is 2. The summed E-state index contributed by atoms with van der Waals surface area (Å²) in [5.74, 6) is 0. The first-order valence-corrected chi connectivity index (χ1v) is 7.37. The van der Waals surface area contributed by atoms with E-state index in [1.54, 1.807) is 6.20 Å². The first kappa shape index (κ1) is 13.6. The predicted molar refractivity (Wildman–Crippen MR) is 83.0 cm³/mol. The zero-order valence-corrected chi connectivity index (χ0v) is 11.9. The van der Waals surface area contributed by atoms with Crippen LogP contribution in [0.2, 0.25) is 0 Å². The van der Waals surface area contributed by atoms with Gasteiger partial charge in [-0.25, -0.2) is 4.79 Å². The Bertz CT molecular complexity index is 585. The molecule has 1 fully saturated rings. The lowest BCUT2D eigenvalue weighted by Gasteiger charge is -2.35. The molecular formula is C17H19N3O. The Morgan fingerprint density at radius 1 is 1.14 bits per heavy atom.